The van der Waals surface area contributed by atoms with Gasteiger partial charge in [0.05, 0.1) is 11.2 Å². The first-order valence-corrected chi connectivity index (χ1v) is 7.53. The monoisotopic (exact) mass is 252 g/mol. The number of rotatable bonds is 4. The van der Waals surface area contributed by atoms with Gasteiger partial charge in [-0.15, -0.1) is 0 Å². The average Bonchev–Trinajstić information content (AvgIpc) is 2.80. The van der Waals surface area contributed by atoms with E-state index in [9.17, 15) is 4.79 Å². The van der Waals surface area contributed by atoms with Crippen molar-refractivity contribution in [1.82, 2.24) is 0 Å². The van der Waals surface area contributed by atoms with E-state index in [4.69, 9.17) is 4.74 Å². The number of ether oxygens (including phenoxy) is 1. The highest BCUT2D eigenvalue weighted by Gasteiger charge is 2.48. The Morgan fingerprint density at radius 3 is 2.28 bits per heavy atom. The lowest BCUT2D eigenvalue weighted by molar-refractivity contribution is -0.129. The molecule has 1 saturated heterocycles. The van der Waals surface area contributed by atoms with E-state index in [0.717, 1.165) is 25.2 Å². The summed E-state index contributed by atoms with van der Waals surface area (Å²) in [6, 6.07) is 0. The van der Waals surface area contributed by atoms with Crippen molar-refractivity contribution in [2.45, 2.75) is 83.8 Å². The molecule has 0 bridgehead atoms. The maximum atomic E-state index is 12.4. The number of hydrogen-bond donors (Lipinski definition) is 0. The van der Waals surface area contributed by atoms with Crippen LogP contribution >= 0.6 is 0 Å². The number of Topliss-reactive ketones (excluding diaryl/α,β-unsaturated/α-hetero) is 1. The van der Waals surface area contributed by atoms with Crippen molar-refractivity contribution in [3.8, 4) is 0 Å². The minimum Gasteiger partial charge on any atom is -0.369 e. The Bertz CT molecular complexity index is 311. The van der Waals surface area contributed by atoms with E-state index in [1.807, 2.05) is 0 Å². The third-order valence-corrected chi connectivity index (χ3v) is 4.74. The van der Waals surface area contributed by atoms with Gasteiger partial charge >= 0.3 is 0 Å². The van der Waals surface area contributed by atoms with Crippen LogP contribution < -0.4 is 0 Å². The molecule has 1 heterocycles. The van der Waals surface area contributed by atoms with E-state index in [0.29, 0.717) is 5.78 Å². The molecule has 0 radical (unpaired) electrons. The zero-order valence-electron chi connectivity index (χ0n) is 12.4. The molecule has 2 aliphatic rings. The number of ketones is 1. The van der Waals surface area contributed by atoms with E-state index in [1.165, 1.54) is 25.7 Å². The van der Waals surface area contributed by atoms with Gasteiger partial charge < -0.3 is 4.74 Å². The van der Waals surface area contributed by atoms with Crippen molar-refractivity contribution in [1.29, 1.82) is 0 Å². The van der Waals surface area contributed by atoms with Crippen LogP contribution in [0.2, 0.25) is 0 Å². The molecule has 0 aromatic rings. The normalized spacial score (nSPS) is 30.8. The van der Waals surface area contributed by atoms with E-state index in [-0.39, 0.29) is 17.1 Å². The van der Waals surface area contributed by atoms with Crippen molar-refractivity contribution in [2.75, 3.05) is 0 Å². The van der Waals surface area contributed by atoms with Crippen LogP contribution in [-0.4, -0.2) is 17.0 Å². The van der Waals surface area contributed by atoms with Gasteiger partial charge in [-0.1, -0.05) is 25.7 Å². The fourth-order valence-electron chi connectivity index (χ4n) is 3.88. The summed E-state index contributed by atoms with van der Waals surface area (Å²) in [7, 11) is 0. The molecule has 0 spiro atoms. The standard InChI is InChI=1S/C16H28O2/c1-15(2)11-13(16(3,4)18-15)14(17)10-9-12-7-5-6-8-12/h12-13H,5-11H2,1-4H3. The predicted molar refractivity (Wildman–Crippen MR) is 73.5 cm³/mol. The molecule has 0 amide bonds. The molecular formula is C16H28O2. The van der Waals surface area contributed by atoms with Gasteiger partial charge in [0.2, 0.25) is 0 Å². The Morgan fingerprint density at radius 1 is 1.17 bits per heavy atom. The van der Waals surface area contributed by atoms with E-state index >= 15 is 0 Å². The van der Waals surface area contributed by atoms with Crippen LogP contribution in [0.15, 0.2) is 0 Å². The minimum atomic E-state index is -0.281. The summed E-state index contributed by atoms with van der Waals surface area (Å²) in [6.45, 7) is 8.33. The van der Waals surface area contributed by atoms with Gasteiger partial charge in [0.25, 0.3) is 0 Å². The zero-order valence-corrected chi connectivity index (χ0v) is 12.4. The summed E-state index contributed by atoms with van der Waals surface area (Å²) >= 11 is 0. The van der Waals surface area contributed by atoms with E-state index < -0.39 is 0 Å². The van der Waals surface area contributed by atoms with Gasteiger partial charge in [0.15, 0.2) is 0 Å². The first-order chi connectivity index (χ1) is 8.30. The molecule has 2 rings (SSSR count). The second-order valence-corrected chi connectivity index (χ2v) is 7.38. The number of carbonyl (C=O) groups excluding carboxylic acids is 1. The molecule has 1 unspecified atom stereocenters. The topological polar surface area (TPSA) is 26.3 Å². The van der Waals surface area contributed by atoms with Crippen LogP contribution in [0.4, 0.5) is 0 Å². The fourth-order valence-corrected chi connectivity index (χ4v) is 3.88. The Morgan fingerprint density at radius 2 is 1.78 bits per heavy atom. The highest BCUT2D eigenvalue weighted by molar-refractivity contribution is 5.82. The van der Waals surface area contributed by atoms with E-state index in [2.05, 4.69) is 27.7 Å². The van der Waals surface area contributed by atoms with Gasteiger partial charge in [-0.25, -0.2) is 0 Å². The summed E-state index contributed by atoms with van der Waals surface area (Å²) in [5.41, 5.74) is -0.423. The summed E-state index contributed by atoms with van der Waals surface area (Å²) in [5, 5.41) is 0. The van der Waals surface area contributed by atoms with Crippen LogP contribution in [0.5, 0.6) is 0 Å². The number of hydrogen-bond acceptors (Lipinski definition) is 2. The van der Waals surface area contributed by atoms with Gasteiger partial charge in [-0.2, -0.15) is 0 Å². The highest BCUT2D eigenvalue weighted by Crippen LogP contribution is 2.43. The van der Waals surface area contributed by atoms with Crippen molar-refractivity contribution in [3.05, 3.63) is 0 Å². The van der Waals surface area contributed by atoms with Gasteiger partial charge in [-0.05, 0) is 46.5 Å². The minimum absolute atomic E-state index is 0.0916. The SMILES string of the molecule is CC1(C)CC(C(=O)CCC2CCCC2)C(C)(C)O1. The molecule has 0 aromatic carbocycles. The Balaban J connectivity index is 1.88. The lowest BCUT2D eigenvalue weighted by Gasteiger charge is -2.26. The van der Waals surface area contributed by atoms with Gasteiger partial charge in [0, 0.05) is 12.3 Å². The first kappa shape index (κ1) is 14.0. The summed E-state index contributed by atoms with van der Waals surface area (Å²) in [6.07, 6.45) is 8.15. The summed E-state index contributed by atoms with van der Waals surface area (Å²) in [4.78, 5) is 12.4. The third-order valence-electron chi connectivity index (χ3n) is 4.74. The van der Waals surface area contributed by atoms with Crippen molar-refractivity contribution >= 4 is 5.78 Å². The highest BCUT2D eigenvalue weighted by atomic mass is 16.5. The molecule has 0 N–H and O–H groups in total. The van der Waals surface area contributed by atoms with Crippen LogP contribution in [-0.2, 0) is 9.53 Å². The number of carbonyl (C=O) groups is 1. The predicted octanol–water partition coefficient (Wildman–Crippen LogP) is 4.12. The Hall–Kier alpha value is -0.370. The summed E-state index contributed by atoms with van der Waals surface area (Å²) < 4.78 is 6.02. The van der Waals surface area contributed by atoms with Gasteiger partial charge in [-0.3, -0.25) is 4.79 Å². The molecule has 2 heteroatoms. The molecule has 0 aromatic heterocycles. The van der Waals surface area contributed by atoms with Crippen LogP contribution in [0.25, 0.3) is 0 Å². The molecule has 2 nitrogen and oxygen atoms in total. The molecular weight excluding hydrogens is 224 g/mol. The van der Waals surface area contributed by atoms with Gasteiger partial charge in [0.1, 0.15) is 5.78 Å². The maximum absolute atomic E-state index is 12.4. The van der Waals surface area contributed by atoms with Crippen LogP contribution in [0, 0.1) is 11.8 Å². The van der Waals surface area contributed by atoms with Crippen LogP contribution in [0.1, 0.15) is 72.6 Å². The van der Waals surface area contributed by atoms with Crippen molar-refractivity contribution in [3.63, 3.8) is 0 Å². The average molecular weight is 252 g/mol. The molecule has 2 fully saturated rings. The largest absolute Gasteiger partial charge is 0.369 e. The molecule has 1 atom stereocenters. The van der Waals surface area contributed by atoms with E-state index in [1.54, 1.807) is 0 Å². The Kier molecular flexibility index (Phi) is 3.87. The summed E-state index contributed by atoms with van der Waals surface area (Å²) in [5.74, 6) is 1.33. The molecule has 1 aliphatic heterocycles. The zero-order chi connectivity index (χ0) is 13.4. The second kappa shape index (κ2) is 4.96. The first-order valence-electron chi connectivity index (χ1n) is 7.53. The fraction of sp³-hybridized carbons (Fsp3) is 0.938. The maximum Gasteiger partial charge on any atom is 0.138 e. The quantitative estimate of drug-likeness (QED) is 0.752. The second-order valence-electron chi connectivity index (χ2n) is 7.38. The molecule has 1 aliphatic carbocycles. The van der Waals surface area contributed by atoms with Crippen molar-refractivity contribution < 1.29 is 9.53 Å². The molecule has 18 heavy (non-hydrogen) atoms. The third kappa shape index (κ3) is 3.14. The van der Waals surface area contributed by atoms with Crippen LogP contribution in [0.3, 0.4) is 0 Å². The molecule has 104 valence electrons. The van der Waals surface area contributed by atoms with Crippen molar-refractivity contribution in [2.24, 2.45) is 11.8 Å². The Labute approximate surface area is 111 Å². The smallest absolute Gasteiger partial charge is 0.138 e. The molecule has 1 saturated carbocycles. The lowest BCUT2D eigenvalue weighted by Crippen LogP contribution is -2.33. The lowest BCUT2D eigenvalue weighted by atomic mass is 9.81.